The summed E-state index contributed by atoms with van der Waals surface area (Å²) in [6.07, 6.45) is 1.70. The molecule has 4 rings (SSSR count). The zero-order valence-corrected chi connectivity index (χ0v) is 14.6. The van der Waals surface area contributed by atoms with Gasteiger partial charge in [0.1, 0.15) is 0 Å². The second-order valence-corrected chi connectivity index (χ2v) is 6.93. The summed E-state index contributed by atoms with van der Waals surface area (Å²) in [6.45, 7) is 4.66. The van der Waals surface area contributed by atoms with Crippen molar-refractivity contribution in [1.82, 2.24) is 4.90 Å². The molecule has 4 nitrogen and oxygen atoms in total. The average Bonchev–Trinajstić information content (AvgIpc) is 2.80. The van der Waals surface area contributed by atoms with Crippen molar-refractivity contribution in [3.63, 3.8) is 0 Å². The minimum absolute atomic E-state index is 0.391. The number of benzene rings is 2. The molecule has 1 saturated heterocycles. The second-order valence-electron chi connectivity index (χ2n) is 6.93. The van der Waals surface area contributed by atoms with Gasteiger partial charge >= 0.3 is 0 Å². The number of para-hydroxylation sites is 2. The Morgan fingerprint density at radius 3 is 2.00 bits per heavy atom. The van der Waals surface area contributed by atoms with Crippen LogP contribution < -0.4 is 4.90 Å². The molecule has 2 aliphatic rings. The smallest absolute Gasteiger partial charge is 0.0845 e. The highest BCUT2D eigenvalue weighted by Gasteiger charge is 2.23. The highest BCUT2D eigenvalue weighted by atomic mass is 16.5. The maximum Gasteiger partial charge on any atom is 0.0845 e. The van der Waals surface area contributed by atoms with Crippen molar-refractivity contribution in [1.29, 1.82) is 0 Å². The fraction of sp³-hybridized carbons (Fsp3) is 0.429. The lowest BCUT2D eigenvalue weighted by Crippen LogP contribution is -2.44. The summed E-state index contributed by atoms with van der Waals surface area (Å²) < 4.78 is 5.41. The molecule has 2 heterocycles. The summed E-state index contributed by atoms with van der Waals surface area (Å²) in [6, 6.07) is 17.2. The summed E-state index contributed by atoms with van der Waals surface area (Å²) in [5, 5.41) is 10.8. The molecule has 0 radical (unpaired) electrons. The number of nitrogens with zero attached hydrogens (tertiary/aromatic N) is 2. The minimum atomic E-state index is -0.391. The molecule has 25 heavy (non-hydrogen) atoms. The largest absolute Gasteiger partial charge is 0.390 e. The standard InChI is InChI=1S/C21H26N2O2/c24-19(15-22-11-13-25-14-12-22)16-23-20-7-3-1-5-17(20)9-10-18-6-2-4-8-21(18)23/h1-8,19,24H,9-16H2. The molecule has 1 fully saturated rings. The van der Waals surface area contributed by atoms with Crippen LogP contribution in [0.25, 0.3) is 0 Å². The van der Waals surface area contributed by atoms with Crippen molar-refractivity contribution in [2.45, 2.75) is 18.9 Å². The van der Waals surface area contributed by atoms with E-state index < -0.39 is 6.10 Å². The number of morpholine rings is 1. The fourth-order valence-electron chi connectivity index (χ4n) is 3.92. The summed E-state index contributed by atoms with van der Waals surface area (Å²) in [5.74, 6) is 0. The van der Waals surface area contributed by atoms with Crippen LogP contribution in [0.2, 0.25) is 0 Å². The highest BCUT2D eigenvalue weighted by Crippen LogP contribution is 2.35. The van der Waals surface area contributed by atoms with Crippen LogP contribution in [0.1, 0.15) is 11.1 Å². The summed E-state index contributed by atoms with van der Waals surface area (Å²) >= 11 is 0. The Morgan fingerprint density at radius 1 is 0.840 bits per heavy atom. The molecule has 2 aromatic rings. The Balaban J connectivity index is 1.58. The topological polar surface area (TPSA) is 35.9 Å². The maximum absolute atomic E-state index is 10.8. The number of ether oxygens (including phenoxy) is 1. The SMILES string of the molecule is OC(CN1CCOCC1)CN1c2ccccc2CCc2ccccc21. The van der Waals surface area contributed by atoms with Gasteiger partial charge in [0.25, 0.3) is 0 Å². The first kappa shape index (κ1) is 16.6. The number of anilines is 2. The molecule has 1 unspecified atom stereocenters. The maximum atomic E-state index is 10.8. The molecule has 0 saturated carbocycles. The third-order valence-electron chi connectivity index (χ3n) is 5.19. The van der Waals surface area contributed by atoms with Crippen molar-refractivity contribution < 1.29 is 9.84 Å². The Bertz CT molecular complexity index is 665. The highest BCUT2D eigenvalue weighted by molar-refractivity contribution is 5.71. The Hall–Kier alpha value is -1.88. The van der Waals surface area contributed by atoms with Crippen LogP contribution in [0, 0.1) is 0 Å². The quantitative estimate of drug-likeness (QED) is 0.930. The number of aliphatic hydroxyl groups is 1. The van der Waals surface area contributed by atoms with Gasteiger partial charge in [-0.05, 0) is 36.1 Å². The molecular weight excluding hydrogens is 312 g/mol. The predicted octanol–water partition coefficient (Wildman–Crippen LogP) is 2.62. The van der Waals surface area contributed by atoms with E-state index in [2.05, 4.69) is 58.3 Å². The minimum Gasteiger partial charge on any atom is -0.390 e. The molecule has 0 spiro atoms. The van der Waals surface area contributed by atoms with E-state index in [1.807, 2.05) is 0 Å². The zero-order chi connectivity index (χ0) is 17.1. The lowest BCUT2D eigenvalue weighted by molar-refractivity contribution is 0.0164. The zero-order valence-electron chi connectivity index (χ0n) is 14.6. The average molecular weight is 338 g/mol. The van der Waals surface area contributed by atoms with E-state index in [0.29, 0.717) is 13.1 Å². The van der Waals surface area contributed by atoms with Gasteiger partial charge < -0.3 is 14.7 Å². The number of β-amino-alcohol motifs (C(OH)–C–C–N with tert-alkyl or cyclic N) is 1. The van der Waals surface area contributed by atoms with Gasteiger partial charge in [0, 0.05) is 31.0 Å². The first-order valence-electron chi connectivity index (χ1n) is 9.23. The third kappa shape index (κ3) is 3.71. The van der Waals surface area contributed by atoms with Gasteiger partial charge in [-0.1, -0.05) is 36.4 Å². The predicted molar refractivity (Wildman–Crippen MR) is 101 cm³/mol. The molecule has 0 amide bonds. The molecule has 2 aromatic carbocycles. The third-order valence-corrected chi connectivity index (χ3v) is 5.19. The molecule has 1 atom stereocenters. The number of aryl methyl sites for hydroxylation is 2. The van der Waals surface area contributed by atoms with Crippen LogP contribution in [0.5, 0.6) is 0 Å². The van der Waals surface area contributed by atoms with Crippen molar-refractivity contribution in [2.24, 2.45) is 0 Å². The molecule has 0 aliphatic carbocycles. The number of aliphatic hydroxyl groups excluding tert-OH is 1. The van der Waals surface area contributed by atoms with Crippen LogP contribution in [-0.2, 0) is 17.6 Å². The lowest BCUT2D eigenvalue weighted by atomic mass is 10.0. The monoisotopic (exact) mass is 338 g/mol. The van der Waals surface area contributed by atoms with Crippen molar-refractivity contribution in [3.05, 3.63) is 59.7 Å². The normalized spacial score (nSPS) is 19.0. The number of hydrogen-bond donors (Lipinski definition) is 1. The van der Waals surface area contributed by atoms with Crippen LogP contribution in [0.4, 0.5) is 11.4 Å². The molecule has 1 N–H and O–H groups in total. The van der Waals surface area contributed by atoms with Gasteiger partial charge in [-0.3, -0.25) is 4.90 Å². The lowest BCUT2D eigenvalue weighted by Gasteiger charge is -2.33. The first-order valence-corrected chi connectivity index (χ1v) is 9.23. The van der Waals surface area contributed by atoms with Gasteiger partial charge in [-0.2, -0.15) is 0 Å². The van der Waals surface area contributed by atoms with Crippen molar-refractivity contribution >= 4 is 11.4 Å². The van der Waals surface area contributed by atoms with Gasteiger partial charge in [0.2, 0.25) is 0 Å². The molecular formula is C21H26N2O2. The number of fused-ring (bicyclic) bond motifs is 2. The van der Waals surface area contributed by atoms with E-state index in [-0.39, 0.29) is 0 Å². The summed E-state index contributed by atoms with van der Waals surface area (Å²) in [4.78, 5) is 4.60. The number of hydrogen-bond acceptors (Lipinski definition) is 4. The fourth-order valence-corrected chi connectivity index (χ4v) is 3.92. The van der Waals surface area contributed by atoms with Crippen LogP contribution in [0.3, 0.4) is 0 Å². The Labute approximate surface area is 149 Å². The van der Waals surface area contributed by atoms with Gasteiger partial charge in [-0.15, -0.1) is 0 Å². The van der Waals surface area contributed by atoms with Crippen molar-refractivity contribution in [2.75, 3.05) is 44.3 Å². The van der Waals surface area contributed by atoms with E-state index in [0.717, 1.165) is 39.1 Å². The van der Waals surface area contributed by atoms with E-state index in [4.69, 9.17) is 4.74 Å². The van der Waals surface area contributed by atoms with E-state index in [9.17, 15) is 5.11 Å². The summed E-state index contributed by atoms with van der Waals surface area (Å²) in [5.41, 5.74) is 5.18. The Kier molecular flexibility index (Phi) is 5.02. The Morgan fingerprint density at radius 2 is 1.40 bits per heavy atom. The van der Waals surface area contributed by atoms with Crippen LogP contribution in [-0.4, -0.2) is 55.5 Å². The van der Waals surface area contributed by atoms with Gasteiger partial charge in [-0.25, -0.2) is 0 Å². The molecule has 2 aliphatic heterocycles. The van der Waals surface area contributed by atoms with Crippen LogP contribution in [0.15, 0.2) is 48.5 Å². The summed E-state index contributed by atoms with van der Waals surface area (Å²) in [7, 11) is 0. The van der Waals surface area contributed by atoms with E-state index in [1.54, 1.807) is 0 Å². The molecule has 0 aromatic heterocycles. The number of rotatable bonds is 4. The van der Waals surface area contributed by atoms with E-state index in [1.165, 1.54) is 22.5 Å². The molecule has 132 valence electrons. The van der Waals surface area contributed by atoms with Gasteiger partial charge in [0.05, 0.1) is 25.9 Å². The van der Waals surface area contributed by atoms with Gasteiger partial charge in [0.15, 0.2) is 0 Å². The van der Waals surface area contributed by atoms with Crippen LogP contribution >= 0.6 is 0 Å². The van der Waals surface area contributed by atoms with E-state index >= 15 is 0 Å². The molecule has 4 heteroatoms. The van der Waals surface area contributed by atoms with Crippen molar-refractivity contribution in [3.8, 4) is 0 Å². The molecule has 0 bridgehead atoms. The second kappa shape index (κ2) is 7.56. The first-order chi connectivity index (χ1) is 12.3.